The number of hydrogen-bond acceptors (Lipinski definition) is 3. The molecule has 1 N–H and O–H groups in total. The number of aromatic nitrogens is 1. The van der Waals surface area contributed by atoms with Gasteiger partial charge in [0.1, 0.15) is 5.75 Å². The number of aryl methyl sites for hydroxylation is 1. The van der Waals surface area contributed by atoms with Crippen molar-refractivity contribution in [3.63, 3.8) is 0 Å². The lowest BCUT2D eigenvalue weighted by Crippen LogP contribution is -2.29. The van der Waals surface area contributed by atoms with Gasteiger partial charge in [-0.15, -0.1) is 0 Å². The van der Waals surface area contributed by atoms with Crippen LogP contribution >= 0.6 is 0 Å². The number of ether oxygens (including phenoxy) is 1. The fourth-order valence-corrected chi connectivity index (χ4v) is 5.31. The highest BCUT2D eigenvalue weighted by molar-refractivity contribution is 5.99. The van der Waals surface area contributed by atoms with E-state index in [0.717, 1.165) is 39.6 Å². The van der Waals surface area contributed by atoms with Crippen LogP contribution in [0.3, 0.4) is 0 Å². The first kappa shape index (κ1) is 28.2. The number of aldehydes is 1. The van der Waals surface area contributed by atoms with Crippen LogP contribution in [0.4, 0.5) is 0 Å². The van der Waals surface area contributed by atoms with Crippen molar-refractivity contribution < 1.29 is 14.3 Å². The lowest BCUT2D eigenvalue weighted by atomic mass is 9.93. The van der Waals surface area contributed by atoms with Crippen LogP contribution in [0.5, 0.6) is 5.75 Å². The highest BCUT2D eigenvalue weighted by atomic mass is 16.5. The monoisotopic (exact) mass is 524 g/mol. The van der Waals surface area contributed by atoms with Crippen LogP contribution < -0.4 is 10.1 Å². The molecule has 0 aliphatic heterocycles. The number of fused-ring (bicyclic) bond motifs is 1. The maximum absolute atomic E-state index is 13.3. The number of nitrogens with zero attached hydrogens (tertiary/aromatic N) is 1. The summed E-state index contributed by atoms with van der Waals surface area (Å²) in [6, 6.07) is 22.2. The zero-order valence-electron chi connectivity index (χ0n) is 24.3. The van der Waals surface area contributed by atoms with E-state index < -0.39 is 11.6 Å². The summed E-state index contributed by atoms with van der Waals surface area (Å²) in [5.74, 6) is 1.01. The van der Waals surface area contributed by atoms with Crippen LogP contribution in [-0.4, -0.2) is 22.9 Å². The van der Waals surface area contributed by atoms with E-state index >= 15 is 0 Å². The fourth-order valence-electron chi connectivity index (χ4n) is 5.31. The molecule has 0 saturated carbocycles. The van der Waals surface area contributed by atoms with Gasteiger partial charge in [-0.2, -0.15) is 0 Å². The summed E-state index contributed by atoms with van der Waals surface area (Å²) >= 11 is 0. The second kappa shape index (κ2) is 11.1. The third kappa shape index (κ3) is 5.63. The molecule has 0 unspecified atom stereocenters. The largest absolute Gasteiger partial charge is 0.483 e. The molecule has 39 heavy (non-hydrogen) atoms. The molecule has 0 radical (unpaired) electrons. The predicted molar refractivity (Wildman–Crippen MR) is 159 cm³/mol. The molecule has 2 atom stereocenters. The Labute approximate surface area is 232 Å². The van der Waals surface area contributed by atoms with E-state index in [0.29, 0.717) is 17.2 Å². The van der Waals surface area contributed by atoms with E-state index in [9.17, 15) is 9.59 Å². The summed E-state index contributed by atoms with van der Waals surface area (Å²) in [6.45, 7) is 16.7. The van der Waals surface area contributed by atoms with Gasteiger partial charge in [-0.1, -0.05) is 50.2 Å². The number of nitrogens with one attached hydrogen (secondary N) is 1. The van der Waals surface area contributed by atoms with E-state index in [2.05, 4.69) is 81.8 Å². The third-order valence-electron chi connectivity index (χ3n) is 7.82. The molecular weight excluding hydrogens is 484 g/mol. The number of carbonyl (C=O) groups excluding carboxylic acids is 2. The van der Waals surface area contributed by atoms with E-state index in [-0.39, 0.29) is 11.9 Å². The Hall–Kier alpha value is -3.86. The highest BCUT2D eigenvalue weighted by Crippen LogP contribution is 2.37. The van der Waals surface area contributed by atoms with Crippen molar-refractivity contribution in [2.75, 3.05) is 0 Å². The Bertz CT molecular complexity index is 1510. The molecule has 0 aliphatic carbocycles. The standard InChI is InChI=1S/C34H40N2O3/c1-21(2)26-11-9-12-27(17-26)24(5)35-33(38)28-15-16-32-31(18-28)23(4)25(6)36(32)34(7,8)29-13-10-14-30(19-29)39-22(3)20-37/h9-22,24H,1-8H3,(H,35,38)/t22-,24-/m0/s1. The van der Waals surface area contributed by atoms with Crippen molar-refractivity contribution in [3.05, 3.63) is 100 Å². The molecule has 0 saturated heterocycles. The van der Waals surface area contributed by atoms with Gasteiger partial charge in [0.05, 0.1) is 11.6 Å². The summed E-state index contributed by atoms with van der Waals surface area (Å²) < 4.78 is 8.08. The Balaban J connectivity index is 1.66. The molecule has 3 aromatic carbocycles. The zero-order valence-corrected chi connectivity index (χ0v) is 24.3. The number of carbonyl (C=O) groups is 2. The van der Waals surface area contributed by atoms with Gasteiger partial charge < -0.3 is 14.6 Å². The normalized spacial score (nSPS) is 13.4. The van der Waals surface area contributed by atoms with Gasteiger partial charge in [0.15, 0.2) is 12.4 Å². The predicted octanol–water partition coefficient (Wildman–Crippen LogP) is 7.62. The first-order chi connectivity index (χ1) is 18.4. The summed E-state index contributed by atoms with van der Waals surface area (Å²) in [5, 5.41) is 4.24. The smallest absolute Gasteiger partial charge is 0.251 e. The minimum Gasteiger partial charge on any atom is -0.483 e. The average molecular weight is 525 g/mol. The van der Waals surface area contributed by atoms with E-state index in [1.165, 1.54) is 5.56 Å². The van der Waals surface area contributed by atoms with Crippen LogP contribution in [-0.2, 0) is 10.3 Å². The minimum atomic E-state index is -0.508. The molecule has 0 fully saturated rings. The summed E-state index contributed by atoms with van der Waals surface area (Å²) in [4.78, 5) is 24.4. The molecule has 5 heteroatoms. The topological polar surface area (TPSA) is 60.3 Å². The molecule has 0 aliphatic rings. The van der Waals surface area contributed by atoms with Gasteiger partial charge in [0.2, 0.25) is 0 Å². The SMILES string of the molecule is Cc1c(C)n(C(C)(C)c2cccc(O[C@@H](C)C=O)c2)c2ccc(C(=O)N[C@@H](C)c3cccc(C(C)C)c3)cc12. The summed E-state index contributed by atoms with van der Waals surface area (Å²) in [5.41, 5.74) is 7.02. The van der Waals surface area contributed by atoms with Crippen LogP contribution in [0.2, 0.25) is 0 Å². The molecule has 204 valence electrons. The Morgan fingerprint density at radius 1 is 0.923 bits per heavy atom. The maximum atomic E-state index is 13.3. The van der Waals surface area contributed by atoms with E-state index in [4.69, 9.17) is 4.74 Å². The Morgan fingerprint density at radius 2 is 1.62 bits per heavy atom. The van der Waals surface area contributed by atoms with Crippen molar-refractivity contribution in [1.29, 1.82) is 0 Å². The number of hydrogen-bond donors (Lipinski definition) is 1. The van der Waals surface area contributed by atoms with Gasteiger partial charge >= 0.3 is 0 Å². The molecule has 1 heterocycles. The number of amides is 1. The van der Waals surface area contributed by atoms with Crippen molar-refractivity contribution in [1.82, 2.24) is 9.88 Å². The van der Waals surface area contributed by atoms with Crippen molar-refractivity contribution in [2.24, 2.45) is 0 Å². The molecule has 0 bridgehead atoms. The summed E-state index contributed by atoms with van der Waals surface area (Å²) in [7, 11) is 0. The van der Waals surface area contributed by atoms with E-state index in [1.807, 2.05) is 43.3 Å². The lowest BCUT2D eigenvalue weighted by molar-refractivity contribution is -0.113. The second-order valence-corrected chi connectivity index (χ2v) is 11.3. The van der Waals surface area contributed by atoms with Gasteiger partial charge in [0, 0.05) is 22.2 Å². The highest BCUT2D eigenvalue weighted by Gasteiger charge is 2.28. The molecular formula is C34H40N2O3. The average Bonchev–Trinajstić information content (AvgIpc) is 3.18. The van der Waals surface area contributed by atoms with Crippen molar-refractivity contribution >= 4 is 23.1 Å². The second-order valence-electron chi connectivity index (χ2n) is 11.3. The quantitative estimate of drug-likeness (QED) is 0.229. The van der Waals surface area contributed by atoms with E-state index in [1.54, 1.807) is 6.92 Å². The van der Waals surface area contributed by atoms with Gasteiger partial charge in [-0.3, -0.25) is 9.59 Å². The number of rotatable bonds is 9. The van der Waals surface area contributed by atoms with Gasteiger partial charge in [0.25, 0.3) is 5.91 Å². The van der Waals surface area contributed by atoms with Crippen LogP contribution in [0, 0.1) is 13.8 Å². The molecule has 4 rings (SSSR count). The molecule has 1 amide bonds. The lowest BCUT2D eigenvalue weighted by Gasteiger charge is -2.31. The zero-order chi connectivity index (χ0) is 28.5. The van der Waals surface area contributed by atoms with Crippen molar-refractivity contribution in [3.8, 4) is 5.75 Å². The summed E-state index contributed by atoms with van der Waals surface area (Å²) in [6.07, 6.45) is 0.286. The minimum absolute atomic E-state index is 0.0856. The van der Waals surface area contributed by atoms with Crippen LogP contribution in [0.25, 0.3) is 10.9 Å². The molecule has 1 aromatic heterocycles. The Morgan fingerprint density at radius 3 is 2.31 bits per heavy atom. The van der Waals surface area contributed by atoms with Crippen LogP contribution in [0.1, 0.15) is 91.8 Å². The first-order valence-electron chi connectivity index (χ1n) is 13.7. The maximum Gasteiger partial charge on any atom is 0.251 e. The fraction of sp³-hybridized carbons (Fsp3) is 0.353. The van der Waals surface area contributed by atoms with Crippen LogP contribution in [0.15, 0.2) is 66.7 Å². The van der Waals surface area contributed by atoms with Crippen molar-refractivity contribution in [2.45, 2.75) is 79.0 Å². The van der Waals surface area contributed by atoms with Gasteiger partial charge in [-0.25, -0.2) is 0 Å². The first-order valence-corrected chi connectivity index (χ1v) is 13.7. The number of benzene rings is 3. The Kier molecular flexibility index (Phi) is 8.01. The molecule has 0 spiro atoms. The van der Waals surface area contributed by atoms with Gasteiger partial charge in [-0.05, 0) is 100 Å². The molecule has 5 nitrogen and oxygen atoms in total. The molecule has 4 aromatic rings. The third-order valence-corrected chi connectivity index (χ3v) is 7.82.